The number of carbonyl (C=O) groups is 2. The van der Waals surface area contributed by atoms with Crippen molar-refractivity contribution in [1.29, 1.82) is 0 Å². The third kappa shape index (κ3) is 3.98. The van der Waals surface area contributed by atoms with Crippen LogP contribution in [-0.2, 0) is 9.59 Å². The van der Waals surface area contributed by atoms with Gasteiger partial charge in [0.05, 0.1) is 32.6 Å². The lowest BCUT2D eigenvalue weighted by molar-refractivity contribution is -0.120. The fraction of sp³-hybridized carbons (Fsp3) is 0.120. The van der Waals surface area contributed by atoms with Gasteiger partial charge in [-0.1, -0.05) is 24.3 Å². The molecule has 1 heterocycles. The van der Waals surface area contributed by atoms with Gasteiger partial charge in [0, 0.05) is 11.8 Å². The molecule has 1 N–H and O–H groups in total. The van der Waals surface area contributed by atoms with Crippen LogP contribution in [-0.4, -0.2) is 33.1 Å². The smallest absolute Gasteiger partial charge is 0.282 e. The predicted molar refractivity (Wildman–Crippen MR) is 122 cm³/mol. The molecule has 4 rings (SSSR count). The number of para-hydroxylation sites is 2. The normalized spacial score (nSPS) is 13.4. The Bertz CT molecular complexity index is 1250. The summed E-state index contributed by atoms with van der Waals surface area (Å²) in [5.74, 6) is -0.250. The van der Waals surface area contributed by atoms with Gasteiger partial charge in [0.25, 0.3) is 11.8 Å². The first-order valence-electron chi connectivity index (χ1n) is 9.99. The minimum atomic E-state index is -0.571. The van der Waals surface area contributed by atoms with Gasteiger partial charge in [-0.3, -0.25) is 9.59 Å². The molecule has 0 spiro atoms. The number of halogens is 1. The van der Waals surface area contributed by atoms with Gasteiger partial charge in [-0.2, -0.15) is 0 Å². The quantitative estimate of drug-likeness (QED) is 0.545. The lowest BCUT2D eigenvalue weighted by atomic mass is 10.0. The zero-order valence-electron chi connectivity index (χ0n) is 18.2. The Balaban J connectivity index is 1.83. The largest absolute Gasteiger partial charge is 0.495 e. The lowest BCUT2D eigenvalue weighted by Gasteiger charge is -2.18. The van der Waals surface area contributed by atoms with Crippen LogP contribution in [0, 0.1) is 5.82 Å². The average Bonchev–Trinajstić information content (AvgIpc) is 3.08. The minimum Gasteiger partial charge on any atom is -0.495 e. The van der Waals surface area contributed by atoms with Gasteiger partial charge in [0.2, 0.25) is 0 Å². The first-order chi connectivity index (χ1) is 16.0. The molecule has 3 aromatic rings. The fourth-order valence-corrected chi connectivity index (χ4v) is 3.62. The number of ether oxygens (including phenoxy) is 3. The maximum atomic E-state index is 13.6. The number of amides is 2. The van der Waals surface area contributed by atoms with Crippen molar-refractivity contribution in [2.24, 2.45) is 0 Å². The average molecular weight is 448 g/mol. The van der Waals surface area contributed by atoms with Crippen LogP contribution in [0.1, 0.15) is 5.56 Å². The molecule has 0 bridgehead atoms. The van der Waals surface area contributed by atoms with Crippen LogP contribution in [0.5, 0.6) is 17.2 Å². The SMILES string of the molecule is COc1ccc(NC2=C(c3ccc(F)cc3)C(=O)N(c3ccccc3OC)C2=O)cc1OC. The Hall–Kier alpha value is -4.33. The van der Waals surface area contributed by atoms with Crippen LogP contribution >= 0.6 is 0 Å². The molecule has 168 valence electrons. The highest BCUT2D eigenvalue weighted by molar-refractivity contribution is 6.46. The van der Waals surface area contributed by atoms with E-state index in [2.05, 4.69) is 5.32 Å². The molecule has 0 fully saturated rings. The number of nitrogens with one attached hydrogen (secondary N) is 1. The number of nitrogens with zero attached hydrogens (tertiary/aromatic N) is 1. The summed E-state index contributed by atoms with van der Waals surface area (Å²) in [6, 6.07) is 17.1. The van der Waals surface area contributed by atoms with Gasteiger partial charge in [0.15, 0.2) is 11.5 Å². The summed E-state index contributed by atoms with van der Waals surface area (Å²) in [6.45, 7) is 0. The van der Waals surface area contributed by atoms with Crippen LogP contribution < -0.4 is 24.4 Å². The number of anilines is 2. The fourth-order valence-electron chi connectivity index (χ4n) is 3.62. The Kier molecular flexibility index (Phi) is 5.99. The van der Waals surface area contributed by atoms with Crippen molar-refractivity contribution in [1.82, 2.24) is 0 Å². The Morgan fingerprint density at radius 2 is 1.42 bits per heavy atom. The van der Waals surface area contributed by atoms with E-state index in [4.69, 9.17) is 14.2 Å². The van der Waals surface area contributed by atoms with E-state index in [1.54, 1.807) is 42.5 Å². The first kappa shape index (κ1) is 21.9. The van der Waals surface area contributed by atoms with E-state index >= 15 is 0 Å². The Morgan fingerprint density at radius 1 is 0.758 bits per heavy atom. The number of benzene rings is 3. The number of rotatable bonds is 7. The molecular weight excluding hydrogens is 427 g/mol. The van der Waals surface area contributed by atoms with Crippen LogP contribution in [0.3, 0.4) is 0 Å². The molecule has 1 aliphatic heterocycles. The van der Waals surface area contributed by atoms with E-state index in [-0.39, 0.29) is 11.3 Å². The topological polar surface area (TPSA) is 77.1 Å². The molecule has 0 atom stereocenters. The molecule has 33 heavy (non-hydrogen) atoms. The maximum Gasteiger partial charge on any atom is 0.282 e. The summed E-state index contributed by atoms with van der Waals surface area (Å²) in [7, 11) is 4.48. The Morgan fingerprint density at radius 3 is 2.09 bits per heavy atom. The van der Waals surface area contributed by atoms with Gasteiger partial charge in [-0.05, 0) is 42.0 Å². The van der Waals surface area contributed by atoms with Crippen LogP contribution in [0.2, 0.25) is 0 Å². The zero-order chi connectivity index (χ0) is 23.5. The van der Waals surface area contributed by atoms with Gasteiger partial charge >= 0.3 is 0 Å². The van der Waals surface area contributed by atoms with E-state index in [9.17, 15) is 14.0 Å². The maximum absolute atomic E-state index is 13.6. The van der Waals surface area contributed by atoms with E-state index < -0.39 is 17.6 Å². The monoisotopic (exact) mass is 448 g/mol. The molecule has 0 saturated heterocycles. The highest BCUT2D eigenvalue weighted by Gasteiger charge is 2.41. The molecule has 0 aromatic heterocycles. The van der Waals surface area contributed by atoms with E-state index in [0.717, 1.165) is 4.90 Å². The number of hydrogen-bond donors (Lipinski definition) is 1. The van der Waals surface area contributed by atoms with Crippen molar-refractivity contribution in [2.45, 2.75) is 0 Å². The molecule has 3 aromatic carbocycles. The summed E-state index contributed by atoms with van der Waals surface area (Å²) in [5.41, 5.74) is 1.37. The van der Waals surface area contributed by atoms with Crippen molar-refractivity contribution in [2.75, 3.05) is 31.5 Å². The molecule has 1 aliphatic rings. The summed E-state index contributed by atoms with van der Waals surface area (Å²) in [6.07, 6.45) is 0. The summed E-state index contributed by atoms with van der Waals surface area (Å²) in [4.78, 5) is 28.1. The van der Waals surface area contributed by atoms with Gasteiger partial charge in [-0.25, -0.2) is 9.29 Å². The third-order valence-electron chi connectivity index (χ3n) is 5.20. The third-order valence-corrected chi connectivity index (χ3v) is 5.20. The minimum absolute atomic E-state index is 0.0461. The number of carbonyl (C=O) groups excluding carboxylic acids is 2. The van der Waals surface area contributed by atoms with Crippen molar-refractivity contribution >= 4 is 28.8 Å². The summed E-state index contributed by atoms with van der Waals surface area (Å²) >= 11 is 0. The van der Waals surface area contributed by atoms with Crippen molar-refractivity contribution in [3.8, 4) is 17.2 Å². The number of methoxy groups -OCH3 is 3. The molecule has 2 amide bonds. The van der Waals surface area contributed by atoms with Gasteiger partial charge in [-0.15, -0.1) is 0 Å². The van der Waals surface area contributed by atoms with Crippen molar-refractivity contribution in [3.63, 3.8) is 0 Å². The van der Waals surface area contributed by atoms with Crippen LogP contribution in [0.4, 0.5) is 15.8 Å². The molecule has 0 radical (unpaired) electrons. The molecular formula is C25H21FN2O5. The van der Waals surface area contributed by atoms with E-state index in [0.29, 0.717) is 34.2 Å². The molecule has 0 saturated carbocycles. The highest BCUT2D eigenvalue weighted by Crippen LogP contribution is 2.38. The van der Waals surface area contributed by atoms with E-state index in [1.807, 2.05) is 0 Å². The van der Waals surface area contributed by atoms with E-state index in [1.165, 1.54) is 45.6 Å². The first-order valence-corrected chi connectivity index (χ1v) is 9.99. The summed E-state index contributed by atoms with van der Waals surface area (Å²) < 4.78 is 29.5. The number of hydrogen-bond acceptors (Lipinski definition) is 6. The lowest BCUT2D eigenvalue weighted by Crippen LogP contribution is -2.32. The second-order valence-corrected chi connectivity index (χ2v) is 7.07. The number of imide groups is 1. The molecule has 0 unspecified atom stereocenters. The molecule has 7 nitrogen and oxygen atoms in total. The standard InChI is InChI=1S/C25H21FN2O5/c1-31-19-7-5-4-6-18(19)28-24(29)22(15-8-10-16(26)11-9-15)23(25(28)30)27-17-12-13-20(32-2)21(14-17)33-3/h4-14,27H,1-3H3. The molecule has 0 aliphatic carbocycles. The van der Waals surface area contributed by atoms with Crippen molar-refractivity contribution < 1.29 is 28.2 Å². The molecule has 8 heteroatoms. The van der Waals surface area contributed by atoms with Gasteiger partial charge in [0.1, 0.15) is 17.3 Å². The summed E-state index contributed by atoms with van der Waals surface area (Å²) in [5, 5.41) is 3.04. The van der Waals surface area contributed by atoms with Crippen LogP contribution in [0.15, 0.2) is 72.4 Å². The zero-order valence-corrected chi connectivity index (χ0v) is 18.2. The second kappa shape index (κ2) is 9.04. The van der Waals surface area contributed by atoms with Crippen molar-refractivity contribution in [3.05, 3.63) is 83.8 Å². The highest BCUT2D eigenvalue weighted by atomic mass is 19.1. The van der Waals surface area contributed by atoms with Crippen LogP contribution in [0.25, 0.3) is 5.57 Å². The Labute approximate surface area is 190 Å². The predicted octanol–water partition coefficient (Wildman–Crippen LogP) is 4.25. The second-order valence-electron chi connectivity index (χ2n) is 7.07. The van der Waals surface area contributed by atoms with Gasteiger partial charge < -0.3 is 19.5 Å².